The van der Waals surface area contributed by atoms with Crippen molar-refractivity contribution >= 4 is 55.8 Å². The predicted octanol–water partition coefficient (Wildman–Crippen LogP) is 7.94. The fourth-order valence-electron chi connectivity index (χ4n) is 6.84. The maximum Gasteiger partial charge on any atom is 0.235 e. The molecule has 0 bridgehead atoms. The molecule has 3 aliphatic rings. The van der Waals surface area contributed by atoms with Crippen LogP contribution in [0.1, 0.15) is 5.56 Å². The second-order valence-corrected chi connectivity index (χ2v) is 10.3. The molecule has 9 rings (SSSR count). The zero-order valence-electron chi connectivity index (χ0n) is 21.1. The van der Waals surface area contributed by atoms with Crippen LogP contribution < -0.4 is 9.48 Å². The standard InChI is InChI=1S/C35H23N4/c1-2-10-23(11-3-1)37-29-16-6-7-17-30(29)39-34-25(14-8-18-32(34)37)26-19-20-31-33(35(26)39)27-13-4-5-15-28(27)38(31)24-12-9-21-36-22-24/h1-22,34H/q+1. The predicted molar refractivity (Wildman–Crippen MR) is 161 cm³/mol. The minimum Gasteiger partial charge on any atom is -0.317 e. The minimum absolute atomic E-state index is 0.103. The van der Waals surface area contributed by atoms with E-state index < -0.39 is 0 Å². The first-order valence-electron chi connectivity index (χ1n) is 13.4. The topological polar surface area (TPSA) is 24.1 Å². The van der Waals surface area contributed by atoms with Crippen molar-refractivity contribution in [2.45, 2.75) is 6.04 Å². The third-order valence-corrected chi connectivity index (χ3v) is 8.30. The van der Waals surface area contributed by atoms with E-state index in [1.54, 1.807) is 0 Å². The number of allylic oxidation sites excluding steroid dienone is 2. The normalized spacial score (nSPS) is 16.9. The first-order valence-corrected chi connectivity index (χ1v) is 13.4. The van der Waals surface area contributed by atoms with Gasteiger partial charge in [-0.1, -0.05) is 66.7 Å². The Kier molecular flexibility index (Phi) is 4.08. The molecule has 0 saturated heterocycles. The zero-order valence-corrected chi connectivity index (χ0v) is 21.1. The van der Waals surface area contributed by atoms with E-state index in [9.17, 15) is 0 Å². The molecule has 182 valence electrons. The average molecular weight is 500 g/mol. The molecule has 4 nitrogen and oxygen atoms in total. The van der Waals surface area contributed by atoms with Crippen LogP contribution in [0.25, 0.3) is 33.1 Å². The van der Waals surface area contributed by atoms with Crippen LogP contribution in [0.5, 0.6) is 0 Å². The van der Waals surface area contributed by atoms with Crippen LogP contribution in [-0.4, -0.2) is 21.3 Å². The Labute approximate surface area is 225 Å². The van der Waals surface area contributed by atoms with Gasteiger partial charge in [0.15, 0.2) is 0 Å². The highest BCUT2D eigenvalue weighted by Crippen LogP contribution is 2.55. The molecular weight excluding hydrogens is 476 g/mol. The van der Waals surface area contributed by atoms with Gasteiger partial charge in [-0.3, -0.25) is 4.98 Å². The Morgan fingerprint density at radius 1 is 0.744 bits per heavy atom. The maximum atomic E-state index is 4.45. The molecule has 6 aromatic rings. The second-order valence-electron chi connectivity index (χ2n) is 10.3. The summed E-state index contributed by atoms with van der Waals surface area (Å²) >= 11 is 0. The summed E-state index contributed by atoms with van der Waals surface area (Å²) in [4.78, 5) is 7.03. The van der Waals surface area contributed by atoms with Gasteiger partial charge in [0.1, 0.15) is 11.7 Å². The van der Waals surface area contributed by atoms with Crippen molar-refractivity contribution in [2.75, 3.05) is 4.90 Å². The van der Waals surface area contributed by atoms with Crippen LogP contribution in [-0.2, 0) is 0 Å². The van der Waals surface area contributed by atoms with E-state index in [4.69, 9.17) is 0 Å². The summed E-state index contributed by atoms with van der Waals surface area (Å²) in [6.45, 7) is 0. The van der Waals surface area contributed by atoms with Crippen LogP contribution in [0, 0.1) is 0 Å². The number of hydrogen-bond donors (Lipinski definition) is 0. The number of rotatable bonds is 2. The Balaban J connectivity index is 1.42. The third-order valence-electron chi connectivity index (χ3n) is 8.30. The molecule has 1 aliphatic carbocycles. The lowest BCUT2D eigenvalue weighted by Gasteiger charge is -2.33. The zero-order chi connectivity index (χ0) is 25.5. The van der Waals surface area contributed by atoms with Crippen LogP contribution in [0.4, 0.5) is 22.7 Å². The molecule has 0 fully saturated rings. The first kappa shape index (κ1) is 20.8. The van der Waals surface area contributed by atoms with Crippen LogP contribution >= 0.6 is 0 Å². The molecule has 0 spiro atoms. The number of benzene rings is 4. The number of hydrogen-bond acceptors (Lipinski definition) is 2. The van der Waals surface area contributed by atoms with E-state index in [1.165, 1.54) is 61.4 Å². The van der Waals surface area contributed by atoms with Crippen molar-refractivity contribution in [2.24, 2.45) is 0 Å². The quantitative estimate of drug-likeness (QED) is 0.226. The summed E-state index contributed by atoms with van der Waals surface area (Å²) in [5.74, 6) is 0. The Morgan fingerprint density at radius 3 is 2.49 bits per heavy atom. The largest absolute Gasteiger partial charge is 0.317 e. The second kappa shape index (κ2) is 7.65. The van der Waals surface area contributed by atoms with E-state index in [0.717, 1.165) is 5.69 Å². The van der Waals surface area contributed by atoms with Gasteiger partial charge in [-0.05, 0) is 35.9 Å². The van der Waals surface area contributed by atoms with Crippen molar-refractivity contribution < 1.29 is 0 Å². The van der Waals surface area contributed by atoms with Crippen LogP contribution in [0.15, 0.2) is 134 Å². The fraction of sp³-hybridized carbons (Fsp3) is 0.0286. The lowest BCUT2D eigenvalue weighted by molar-refractivity contribution is 0.933. The van der Waals surface area contributed by atoms with Gasteiger partial charge >= 0.3 is 0 Å². The van der Waals surface area contributed by atoms with Crippen molar-refractivity contribution in [1.29, 1.82) is 0 Å². The molecule has 4 heterocycles. The molecule has 4 aromatic carbocycles. The number of nitrogens with zero attached hydrogens (tertiary/aromatic N) is 4. The highest BCUT2D eigenvalue weighted by molar-refractivity contribution is 6.27. The van der Waals surface area contributed by atoms with Crippen molar-refractivity contribution in [3.8, 4) is 5.69 Å². The number of anilines is 2. The lowest BCUT2D eigenvalue weighted by Crippen LogP contribution is -2.43. The molecule has 2 aliphatic heterocycles. The summed E-state index contributed by atoms with van der Waals surface area (Å²) in [6.07, 6.45) is 10.6. The molecule has 0 radical (unpaired) electrons. The van der Waals surface area contributed by atoms with E-state index in [0.29, 0.717) is 0 Å². The number of fused-ring (bicyclic) bond motifs is 9. The Morgan fingerprint density at radius 2 is 1.59 bits per heavy atom. The molecule has 2 aromatic heterocycles. The van der Waals surface area contributed by atoms with Gasteiger partial charge in [0.05, 0.1) is 28.6 Å². The summed E-state index contributed by atoms with van der Waals surface area (Å²) in [7, 11) is 0. The summed E-state index contributed by atoms with van der Waals surface area (Å²) in [5.41, 5.74) is 12.3. The molecule has 1 atom stereocenters. The van der Waals surface area contributed by atoms with Crippen LogP contribution in [0.3, 0.4) is 0 Å². The number of pyridine rings is 1. The maximum absolute atomic E-state index is 4.45. The van der Waals surface area contributed by atoms with Gasteiger partial charge in [-0.25, -0.2) is 0 Å². The summed E-state index contributed by atoms with van der Waals surface area (Å²) < 4.78 is 4.78. The lowest BCUT2D eigenvalue weighted by atomic mass is 9.92. The minimum atomic E-state index is 0.103. The molecule has 0 saturated carbocycles. The fourth-order valence-corrected chi connectivity index (χ4v) is 6.84. The number of para-hydroxylation sites is 4. The average Bonchev–Trinajstić information content (AvgIpc) is 3.52. The smallest absolute Gasteiger partial charge is 0.235 e. The number of aromatic nitrogens is 2. The third kappa shape index (κ3) is 2.67. The van der Waals surface area contributed by atoms with Crippen molar-refractivity contribution in [3.05, 3.63) is 139 Å². The van der Waals surface area contributed by atoms with Gasteiger partial charge in [0.25, 0.3) is 0 Å². The SMILES string of the molecule is C1=CC2=[N+](c3ccccc3)c3ccccc3N3c4c(ccc5c4c4ccccc4n5-c4cccnc4)C(=C1)C23. The molecule has 0 amide bonds. The Hall–Kier alpha value is -5.22. The monoisotopic (exact) mass is 499 g/mol. The van der Waals surface area contributed by atoms with Gasteiger partial charge in [-0.15, -0.1) is 0 Å². The molecule has 1 unspecified atom stereocenters. The van der Waals surface area contributed by atoms with E-state index in [2.05, 4.69) is 134 Å². The van der Waals surface area contributed by atoms with Crippen LogP contribution in [0.2, 0.25) is 0 Å². The highest BCUT2D eigenvalue weighted by Gasteiger charge is 2.49. The molecule has 0 N–H and O–H groups in total. The van der Waals surface area contributed by atoms with E-state index in [-0.39, 0.29) is 6.04 Å². The Bertz CT molecular complexity index is 2060. The molecule has 39 heavy (non-hydrogen) atoms. The van der Waals surface area contributed by atoms with Gasteiger partial charge < -0.3 is 9.47 Å². The van der Waals surface area contributed by atoms with Crippen molar-refractivity contribution in [1.82, 2.24) is 14.1 Å². The van der Waals surface area contributed by atoms with Gasteiger partial charge in [-0.2, -0.15) is 4.58 Å². The molecule has 4 heteroatoms. The first-order chi connectivity index (χ1) is 19.4. The summed E-state index contributed by atoms with van der Waals surface area (Å²) in [5, 5.41) is 2.54. The van der Waals surface area contributed by atoms with Crippen molar-refractivity contribution in [3.63, 3.8) is 0 Å². The van der Waals surface area contributed by atoms with Gasteiger partial charge in [0.2, 0.25) is 17.1 Å². The molecular formula is C35H23N4+. The van der Waals surface area contributed by atoms with Gasteiger partial charge in [0, 0.05) is 46.8 Å². The highest BCUT2D eigenvalue weighted by atomic mass is 15.3. The summed E-state index contributed by atoms with van der Waals surface area (Å²) in [6, 6.07) is 37.2. The van der Waals surface area contributed by atoms with E-state index in [1.807, 2.05) is 18.5 Å². The van der Waals surface area contributed by atoms with E-state index >= 15 is 0 Å².